The molecule has 0 spiro atoms. The highest BCUT2D eigenvalue weighted by atomic mass is 33.1. The smallest absolute Gasteiger partial charge is 0.123 e. The molecule has 4 aromatic rings. The quantitative estimate of drug-likeness (QED) is 0.159. The first kappa shape index (κ1) is 55.6. The first-order chi connectivity index (χ1) is 34.8. The summed E-state index contributed by atoms with van der Waals surface area (Å²) < 4.78 is 94.4. The molecule has 6 rings (SSSR count). The second-order valence-corrected chi connectivity index (χ2v) is 17.6. The van der Waals surface area contributed by atoms with Crippen molar-refractivity contribution in [2.45, 2.75) is 36.2 Å². The van der Waals surface area contributed by atoms with E-state index < -0.39 is 0 Å². The van der Waals surface area contributed by atoms with Gasteiger partial charge in [0.25, 0.3) is 0 Å². The predicted octanol–water partition coefficient (Wildman–Crippen LogP) is 7.63. The first-order valence-corrected chi connectivity index (χ1v) is 26.2. The Kier molecular flexibility index (Phi) is 28.8. The molecule has 2 aliphatic rings. The molecule has 70 heavy (non-hydrogen) atoms. The van der Waals surface area contributed by atoms with Crippen LogP contribution in [0.3, 0.4) is 0 Å². The number of benzene rings is 4. The zero-order valence-electron chi connectivity index (χ0n) is 40.2. The molecular weight excluding hydrogens is 945 g/mol. The Bertz CT molecular complexity index is 1720. The minimum Gasteiger partial charge on any atom is -0.491 e. The van der Waals surface area contributed by atoms with E-state index in [1.165, 1.54) is 0 Å². The van der Waals surface area contributed by atoms with Crippen molar-refractivity contribution in [1.29, 1.82) is 0 Å². The van der Waals surface area contributed by atoms with E-state index in [1.54, 1.807) is 21.6 Å². The second-order valence-electron chi connectivity index (χ2n) is 15.4. The van der Waals surface area contributed by atoms with Crippen LogP contribution in [0.25, 0.3) is 0 Å². The summed E-state index contributed by atoms with van der Waals surface area (Å²) in [5.41, 5.74) is 4.18. The van der Waals surface area contributed by atoms with E-state index in [-0.39, 0.29) is 0 Å². The molecule has 0 fully saturated rings. The summed E-state index contributed by atoms with van der Waals surface area (Å²) >= 11 is 0. The molecule has 16 nitrogen and oxygen atoms in total. The highest BCUT2D eigenvalue weighted by Crippen LogP contribution is 2.44. The summed E-state index contributed by atoms with van der Waals surface area (Å²) in [6.45, 7) is 11.9. The van der Waals surface area contributed by atoms with Crippen LogP contribution < -0.4 is 18.9 Å². The topological polar surface area (TPSA) is 148 Å². The first-order valence-electron chi connectivity index (χ1n) is 24.0. The Balaban J connectivity index is 1.09. The van der Waals surface area contributed by atoms with Crippen LogP contribution >= 0.6 is 21.6 Å². The molecular formula is C52H70O16S2. The molecule has 0 radical (unpaired) electrons. The largest absolute Gasteiger partial charge is 0.491 e. The third-order valence-electron chi connectivity index (χ3n) is 10.2. The van der Waals surface area contributed by atoms with Gasteiger partial charge in [0.05, 0.1) is 159 Å². The van der Waals surface area contributed by atoms with Gasteiger partial charge in [-0.15, -0.1) is 0 Å². The Morgan fingerprint density at radius 2 is 0.429 bits per heavy atom. The van der Waals surface area contributed by atoms with Gasteiger partial charge in [0.15, 0.2) is 0 Å². The molecule has 0 aliphatic carbocycles. The molecule has 0 aromatic heterocycles. The van der Waals surface area contributed by atoms with Gasteiger partial charge >= 0.3 is 0 Å². The lowest BCUT2D eigenvalue weighted by molar-refractivity contribution is 0.00427. The third kappa shape index (κ3) is 23.2. The lowest BCUT2D eigenvalue weighted by atomic mass is 10.1. The number of hydrogen-bond donors (Lipinski definition) is 0. The van der Waals surface area contributed by atoms with E-state index in [9.17, 15) is 0 Å². The SMILES string of the molecule is c1cc2cc(c1)OCCOCCOCCOCc1cccc3c1SSc1c(cccc1COCCOCCOCCOc1cccc(c1)OCCOCCOCCOC3)COCCOCCOCCO2. The van der Waals surface area contributed by atoms with Crippen molar-refractivity contribution in [2.75, 3.05) is 159 Å². The average Bonchev–Trinajstić information content (AvgIpc) is 3.37. The highest BCUT2D eigenvalue weighted by Gasteiger charge is 2.16. The van der Waals surface area contributed by atoms with Crippen LogP contribution in [0.15, 0.2) is 94.7 Å². The van der Waals surface area contributed by atoms with E-state index in [4.69, 9.17) is 75.8 Å². The molecule has 0 N–H and O–H groups in total. The van der Waals surface area contributed by atoms with Gasteiger partial charge in [-0.25, -0.2) is 0 Å². The third-order valence-corrected chi connectivity index (χ3v) is 12.9. The average molecular weight is 1020 g/mol. The lowest BCUT2D eigenvalue weighted by Gasteiger charge is -2.18. The second kappa shape index (κ2) is 36.3. The summed E-state index contributed by atoms with van der Waals surface area (Å²) in [6.07, 6.45) is 0. The van der Waals surface area contributed by atoms with Crippen LogP contribution in [-0.4, -0.2) is 159 Å². The number of ether oxygens (including phenoxy) is 16. The van der Waals surface area contributed by atoms with Gasteiger partial charge in [0.2, 0.25) is 0 Å². The van der Waals surface area contributed by atoms with Gasteiger partial charge in [-0.2, -0.15) is 0 Å². The fraction of sp³-hybridized carbons (Fsp3) is 0.538. The number of hydrogen-bond acceptors (Lipinski definition) is 18. The molecule has 4 aromatic carbocycles. The van der Waals surface area contributed by atoms with E-state index in [0.29, 0.717) is 208 Å². The Hall–Kier alpha value is -3.70. The van der Waals surface area contributed by atoms with Crippen molar-refractivity contribution in [3.8, 4) is 23.0 Å². The van der Waals surface area contributed by atoms with Gasteiger partial charge in [-0.05, 0) is 46.5 Å². The van der Waals surface area contributed by atoms with Gasteiger partial charge in [-0.3, -0.25) is 0 Å². The van der Waals surface area contributed by atoms with E-state index in [2.05, 4.69) is 24.3 Å². The van der Waals surface area contributed by atoms with Crippen LogP contribution in [0.4, 0.5) is 0 Å². The van der Waals surface area contributed by atoms with Crippen LogP contribution in [0.2, 0.25) is 0 Å². The molecule has 0 amide bonds. The van der Waals surface area contributed by atoms with Crippen molar-refractivity contribution >= 4 is 21.6 Å². The minimum absolute atomic E-state index is 0.394. The van der Waals surface area contributed by atoms with Gasteiger partial charge in [0, 0.05) is 21.9 Å². The standard InChI is InChI=1S/C52H70O16S2/c1-5-43-39-61-25-21-53-13-17-57-29-33-65-47-9-3-11-49(37-47)67-35-31-59-19-15-55-23-27-63-41-45-7-2-8-46-42-64-28-24-56-16-20-60-32-36-68-50-12-4-10-48(38-50)66-34-30-58-18-14-54-22-26-62-40-44(6-1)51(43)69-70-52(45)46/h1-12,37-38H,13-36,39-42H2. The molecule has 2 heterocycles. The summed E-state index contributed by atoms with van der Waals surface area (Å²) in [5, 5.41) is 0. The van der Waals surface area contributed by atoms with Crippen molar-refractivity contribution in [3.05, 3.63) is 107 Å². The van der Waals surface area contributed by atoms with Crippen molar-refractivity contribution in [1.82, 2.24) is 0 Å². The molecule has 2 aliphatic heterocycles. The normalized spacial score (nSPS) is 19.5. The minimum atomic E-state index is 0.394. The fourth-order valence-electron chi connectivity index (χ4n) is 6.70. The molecule has 386 valence electrons. The molecule has 6 bridgehead atoms. The van der Waals surface area contributed by atoms with Gasteiger partial charge in [0.1, 0.15) is 49.4 Å². The van der Waals surface area contributed by atoms with Crippen molar-refractivity contribution < 1.29 is 75.8 Å². The van der Waals surface area contributed by atoms with E-state index in [1.807, 2.05) is 60.7 Å². The number of fused-ring (bicyclic) bond motifs is 5. The molecule has 0 unspecified atom stereocenters. The lowest BCUT2D eigenvalue weighted by Crippen LogP contribution is -2.13. The summed E-state index contributed by atoms with van der Waals surface area (Å²) in [5.74, 6) is 2.84. The Morgan fingerprint density at radius 3 is 0.671 bits per heavy atom. The van der Waals surface area contributed by atoms with Gasteiger partial charge < -0.3 is 75.8 Å². The maximum absolute atomic E-state index is 6.19. The van der Waals surface area contributed by atoms with E-state index >= 15 is 0 Å². The number of rotatable bonds is 0. The monoisotopic (exact) mass is 1010 g/mol. The van der Waals surface area contributed by atoms with Crippen molar-refractivity contribution in [2.24, 2.45) is 0 Å². The predicted molar refractivity (Wildman–Crippen MR) is 265 cm³/mol. The zero-order valence-corrected chi connectivity index (χ0v) is 41.9. The van der Waals surface area contributed by atoms with E-state index in [0.717, 1.165) is 32.0 Å². The molecule has 0 saturated heterocycles. The molecule has 18 heteroatoms. The van der Waals surface area contributed by atoms with Crippen LogP contribution in [0, 0.1) is 0 Å². The molecule has 0 saturated carbocycles. The summed E-state index contributed by atoms with van der Waals surface area (Å²) in [4.78, 5) is 2.13. The summed E-state index contributed by atoms with van der Waals surface area (Å²) in [7, 11) is 3.34. The van der Waals surface area contributed by atoms with Crippen LogP contribution in [-0.2, 0) is 83.3 Å². The molecule has 0 atom stereocenters. The van der Waals surface area contributed by atoms with Crippen LogP contribution in [0.1, 0.15) is 22.3 Å². The summed E-state index contributed by atoms with van der Waals surface area (Å²) in [6, 6.07) is 27.5. The maximum atomic E-state index is 6.19. The fourth-order valence-corrected chi connectivity index (χ4v) is 9.58. The Morgan fingerprint density at radius 1 is 0.229 bits per heavy atom. The zero-order chi connectivity index (χ0) is 48.2. The highest BCUT2D eigenvalue weighted by molar-refractivity contribution is 8.76. The Labute approximate surface area is 420 Å². The van der Waals surface area contributed by atoms with Crippen LogP contribution in [0.5, 0.6) is 23.0 Å². The van der Waals surface area contributed by atoms with Gasteiger partial charge in [-0.1, -0.05) is 70.1 Å². The van der Waals surface area contributed by atoms with Crippen molar-refractivity contribution in [3.63, 3.8) is 0 Å². The maximum Gasteiger partial charge on any atom is 0.123 e.